The molecule has 1 heterocycles. The minimum absolute atomic E-state index is 0.166. The van der Waals surface area contributed by atoms with Crippen LogP contribution >= 0.6 is 11.8 Å². The van der Waals surface area contributed by atoms with E-state index in [0.717, 1.165) is 22.6 Å². The lowest BCUT2D eigenvalue weighted by molar-refractivity contribution is 0.251. The molecule has 0 saturated heterocycles. The minimum atomic E-state index is -0.166. The standard InChI is InChI=1S/C17H22N4OS/c1-12(2)7-10-18-16(22)21-15-6-5-14(11-13(15)3)23-17-19-8-4-9-20-17/h4-6,8-9,11-12H,7,10H2,1-3H3,(H2,18,21,22). The predicted octanol–water partition coefficient (Wildman–Crippen LogP) is 4.10. The molecule has 0 saturated carbocycles. The van der Waals surface area contributed by atoms with Gasteiger partial charge in [-0.3, -0.25) is 0 Å². The number of aryl methyl sites for hydroxylation is 1. The minimum Gasteiger partial charge on any atom is -0.338 e. The molecular weight excluding hydrogens is 308 g/mol. The van der Waals surface area contributed by atoms with Crippen LogP contribution in [0.2, 0.25) is 0 Å². The fraction of sp³-hybridized carbons (Fsp3) is 0.353. The summed E-state index contributed by atoms with van der Waals surface area (Å²) in [6.07, 6.45) is 4.41. The number of urea groups is 1. The molecule has 1 aromatic heterocycles. The first-order valence-electron chi connectivity index (χ1n) is 7.65. The topological polar surface area (TPSA) is 66.9 Å². The molecule has 6 heteroatoms. The molecule has 2 N–H and O–H groups in total. The summed E-state index contributed by atoms with van der Waals surface area (Å²) in [5, 5.41) is 6.46. The third kappa shape index (κ3) is 5.90. The second-order valence-electron chi connectivity index (χ2n) is 5.67. The van der Waals surface area contributed by atoms with E-state index in [2.05, 4.69) is 34.4 Å². The monoisotopic (exact) mass is 330 g/mol. The molecule has 1 aromatic carbocycles. The molecule has 0 fully saturated rings. The van der Waals surface area contributed by atoms with E-state index in [1.807, 2.05) is 25.1 Å². The SMILES string of the molecule is Cc1cc(Sc2ncccn2)ccc1NC(=O)NCCC(C)C. The third-order valence-corrected chi connectivity index (χ3v) is 4.09. The molecule has 0 aliphatic rings. The first-order valence-corrected chi connectivity index (χ1v) is 8.46. The van der Waals surface area contributed by atoms with E-state index in [1.54, 1.807) is 18.5 Å². The Kier molecular flexibility index (Phi) is 6.40. The van der Waals surface area contributed by atoms with Gasteiger partial charge in [-0.15, -0.1) is 0 Å². The Bertz CT molecular complexity index is 646. The third-order valence-electron chi connectivity index (χ3n) is 3.20. The van der Waals surface area contributed by atoms with E-state index >= 15 is 0 Å². The Morgan fingerprint density at radius 2 is 2.00 bits per heavy atom. The average Bonchev–Trinajstić information content (AvgIpc) is 2.51. The number of hydrogen-bond donors (Lipinski definition) is 2. The van der Waals surface area contributed by atoms with Crippen LogP contribution < -0.4 is 10.6 Å². The highest BCUT2D eigenvalue weighted by molar-refractivity contribution is 7.99. The molecule has 0 radical (unpaired) electrons. The van der Waals surface area contributed by atoms with Gasteiger partial charge in [-0.05, 0) is 60.9 Å². The number of hydrogen-bond acceptors (Lipinski definition) is 4. The number of nitrogens with zero attached hydrogens (tertiary/aromatic N) is 2. The predicted molar refractivity (Wildman–Crippen MR) is 93.8 cm³/mol. The van der Waals surface area contributed by atoms with Gasteiger partial charge in [0.05, 0.1) is 0 Å². The number of rotatable bonds is 6. The maximum absolute atomic E-state index is 11.9. The second kappa shape index (κ2) is 8.53. The van der Waals surface area contributed by atoms with Crippen molar-refractivity contribution in [3.8, 4) is 0 Å². The van der Waals surface area contributed by atoms with Crippen LogP contribution in [0.3, 0.4) is 0 Å². The van der Waals surface area contributed by atoms with Gasteiger partial charge in [0.25, 0.3) is 0 Å². The van der Waals surface area contributed by atoms with Gasteiger partial charge in [-0.25, -0.2) is 14.8 Å². The number of benzene rings is 1. The van der Waals surface area contributed by atoms with Crippen molar-refractivity contribution in [2.24, 2.45) is 5.92 Å². The molecule has 0 spiro atoms. The van der Waals surface area contributed by atoms with Crippen molar-refractivity contribution in [1.29, 1.82) is 0 Å². The molecule has 23 heavy (non-hydrogen) atoms. The van der Waals surface area contributed by atoms with E-state index in [4.69, 9.17) is 0 Å². The van der Waals surface area contributed by atoms with E-state index in [0.29, 0.717) is 17.6 Å². The molecule has 0 bridgehead atoms. The summed E-state index contributed by atoms with van der Waals surface area (Å²) in [5.74, 6) is 0.577. The Morgan fingerprint density at radius 1 is 1.26 bits per heavy atom. The zero-order chi connectivity index (χ0) is 16.7. The lowest BCUT2D eigenvalue weighted by Gasteiger charge is -2.11. The van der Waals surface area contributed by atoms with Gasteiger partial charge in [0.15, 0.2) is 5.16 Å². The molecular formula is C17H22N4OS. The molecule has 122 valence electrons. The smallest absolute Gasteiger partial charge is 0.319 e. The maximum atomic E-state index is 11.9. The molecule has 0 atom stereocenters. The Hall–Kier alpha value is -2.08. The first kappa shape index (κ1) is 17.3. The number of aromatic nitrogens is 2. The second-order valence-corrected chi connectivity index (χ2v) is 6.71. The maximum Gasteiger partial charge on any atom is 0.319 e. The van der Waals surface area contributed by atoms with Crippen molar-refractivity contribution in [3.63, 3.8) is 0 Å². The zero-order valence-electron chi connectivity index (χ0n) is 13.7. The molecule has 0 aliphatic carbocycles. The molecule has 0 aliphatic heterocycles. The van der Waals surface area contributed by atoms with Gasteiger partial charge in [-0.1, -0.05) is 13.8 Å². The lowest BCUT2D eigenvalue weighted by Crippen LogP contribution is -2.30. The summed E-state index contributed by atoms with van der Waals surface area (Å²) >= 11 is 1.50. The van der Waals surface area contributed by atoms with Crippen molar-refractivity contribution in [2.45, 2.75) is 37.2 Å². The van der Waals surface area contributed by atoms with Crippen LogP contribution in [0.4, 0.5) is 10.5 Å². The van der Waals surface area contributed by atoms with Crippen molar-refractivity contribution < 1.29 is 4.79 Å². The van der Waals surface area contributed by atoms with E-state index in [9.17, 15) is 4.79 Å². The highest BCUT2D eigenvalue weighted by atomic mass is 32.2. The Morgan fingerprint density at radius 3 is 2.65 bits per heavy atom. The van der Waals surface area contributed by atoms with Crippen LogP contribution in [0.15, 0.2) is 46.7 Å². The number of anilines is 1. The summed E-state index contributed by atoms with van der Waals surface area (Å²) in [4.78, 5) is 21.3. The van der Waals surface area contributed by atoms with Gasteiger partial charge in [0.1, 0.15) is 0 Å². The van der Waals surface area contributed by atoms with E-state index in [1.165, 1.54) is 11.8 Å². The number of amides is 2. The summed E-state index contributed by atoms with van der Waals surface area (Å²) in [7, 11) is 0. The highest BCUT2D eigenvalue weighted by Gasteiger charge is 2.07. The number of carbonyl (C=O) groups is 1. The molecule has 0 unspecified atom stereocenters. The van der Waals surface area contributed by atoms with Crippen LogP contribution in [-0.4, -0.2) is 22.5 Å². The van der Waals surface area contributed by atoms with E-state index < -0.39 is 0 Å². The van der Waals surface area contributed by atoms with E-state index in [-0.39, 0.29) is 6.03 Å². The molecule has 2 rings (SSSR count). The van der Waals surface area contributed by atoms with Gasteiger partial charge in [0.2, 0.25) is 0 Å². The van der Waals surface area contributed by atoms with Crippen LogP contribution in [0.25, 0.3) is 0 Å². The summed E-state index contributed by atoms with van der Waals surface area (Å²) in [5.41, 5.74) is 1.82. The first-order chi connectivity index (χ1) is 11.0. The van der Waals surface area contributed by atoms with Crippen LogP contribution in [0, 0.1) is 12.8 Å². The van der Waals surface area contributed by atoms with Crippen molar-refractivity contribution in [2.75, 3.05) is 11.9 Å². The van der Waals surface area contributed by atoms with Crippen LogP contribution in [0.1, 0.15) is 25.8 Å². The van der Waals surface area contributed by atoms with Crippen molar-refractivity contribution in [1.82, 2.24) is 15.3 Å². The van der Waals surface area contributed by atoms with Crippen LogP contribution in [0.5, 0.6) is 0 Å². The summed E-state index contributed by atoms with van der Waals surface area (Å²) < 4.78 is 0. The lowest BCUT2D eigenvalue weighted by atomic mass is 10.1. The van der Waals surface area contributed by atoms with Gasteiger partial charge in [-0.2, -0.15) is 0 Å². The van der Waals surface area contributed by atoms with Gasteiger partial charge in [0, 0.05) is 29.5 Å². The largest absolute Gasteiger partial charge is 0.338 e. The summed E-state index contributed by atoms with van der Waals surface area (Å²) in [6, 6.07) is 7.51. The van der Waals surface area contributed by atoms with Crippen molar-refractivity contribution >= 4 is 23.5 Å². The molecule has 2 aromatic rings. The Balaban J connectivity index is 1.92. The van der Waals surface area contributed by atoms with Crippen molar-refractivity contribution in [3.05, 3.63) is 42.2 Å². The normalized spacial score (nSPS) is 10.6. The summed E-state index contributed by atoms with van der Waals surface area (Å²) in [6.45, 7) is 6.93. The highest BCUT2D eigenvalue weighted by Crippen LogP contribution is 2.27. The Labute approximate surface area is 141 Å². The molecule has 5 nitrogen and oxygen atoms in total. The molecule has 2 amide bonds. The number of carbonyl (C=O) groups excluding carboxylic acids is 1. The fourth-order valence-corrected chi connectivity index (χ4v) is 2.73. The average molecular weight is 330 g/mol. The van der Waals surface area contributed by atoms with Gasteiger partial charge < -0.3 is 10.6 Å². The van der Waals surface area contributed by atoms with Crippen LogP contribution in [-0.2, 0) is 0 Å². The fourth-order valence-electron chi connectivity index (χ4n) is 1.92. The van der Waals surface area contributed by atoms with Gasteiger partial charge >= 0.3 is 6.03 Å². The number of nitrogens with one attached hydrogen (secondary N) is 2. The quantitative estimate of drug-likeness (QED) is 0.782. The zero-order valence-corrected chi connectivity index (χ0v) is 14.5.